The minimum absolute atomic E-state index is 0.00188. The Balaban J connectivity index is 3.90. The largest absolute Gasteiger partial charge is 0.371 e. The van der Waals surface area contributed by atoms with E-state index in [9.17, 15) is 14.3 Å². The molecule has 0 aromatic rings. The summed E-state index contributed by atoms with van der Waals surface area (Å²) in [7, 11) is -3.64. The van der Waals surface area contributed by atoms with Crippen molar-refractivity contribution in [3.8, 4) is 0 Å². The standard InChI is InChI=1S/C12H25O5P/c1-11(2,3)10(13)9-16-7-8-17-18(14,15)12(4,5)6/h7-9H2,1-6H3,(H,14,15). The average molecular weight is 280 g/mol. The second-order valence-corrected chi connectivity index (χ2v) is 8.89. The van der Waals surface area contributed by atoms with Crippen molar-refractivity contribution in [1.82, 2.24) is 0 Å². The van der Waals surface area contributed by atoms with E-state index in [4.69, 9.17) is 9.26 Å². The molecule has 6 heteroatoms. The number of carbonyl (C=O) groups excluding carboxylic acids is 1. The second kappa shape index (κ2) is 6.29. The molecule has 0 bridgehead atoms. The molecule has 0 saturated heterocycles. The van der Waals surface area contributed by atoms with E-state index in [1.54, 1.807) is 20.8 Å². The van der Waals surface area contributed by atoms with Crippen LogP contribution in [-0.4, -0.2) is 35.7 Å². The maximum Gasteiger partial charge on any atom is 0.333 e. The molecule has 1 unspecified atom stereocenters. The van der Waals surface area contributed by atoms with Crippen molar-refractivity contribution >= 4 is 13.4 Å². The molecule has 0 amide bonds. The summed E-state index contributed by atoms with van der Waals surface area (Å²) in [6, 6.07) is 0. The fourth-order valence-corrected chi connectivity index (χ4v) is 1.50. The van der Waals surface area contributed by atoms with Crippen molar-refractivity contribution in [2.45, 2.75) is 46.7 Å². The SMILES string of the molecule is CC(C)(C)C(=O)COCCOP(=O)(O)C(C)(C)C. The molecular formula is C12H25O5P. The molecule has 0 aliphatic carbocycles. The molecule has 0 spiro atoms. The van der Waals surface area contributed by atoms with Crippen molar-refractivity contribution < 1.29 is 23.5 Å². The Bertz CT molecular complexity index is 324. The van der Waals surface area contributed by atoms with E-state index in [0.29, 0.717) is 0 Å². The molecule has 0 rings (SSSR count). The number of hydrogen-bond acceptors (Lipinski definition) is 4. The van der Waals surface area contributed by atoms with Crippen molar-refractivity contribution in [2.24, 2.45) is 5.41 Å². The lowest BCUT2D eigenvalue weighted by molar-refractivity contribution is -0.131. The van der Waals surface area contributed by atoms with Crippen LogP contribution < -0.4 is 0 Å². The van der Waals surface area contributed by atoms with Crippen molar-refractivity contribution in [1.29, 1.82) is 0 Å². The summed E-state index contributed by atoms with van der Waals surface area (Å²) in [5, 5.41) is -0.811. The highest BCUT2D eigenvalue weighted by atomic mass is 31.2. The summed E-state index contributed by atoms with van der Waals surface area (Å²) in [6.45, 7) is 10.5. The maximum absolute atomic E-state index is 11.7. The third kappa shape index (κ3) is 6.10. The zero-order chi connectivity index (χ0) is 14.6. The Morgan fingerprint density at radius 1 is 1.11 bits per heavy atom. The van der Waals surface area contributed by atoms with Gasteiger partial charge >= 0.3 is 7.60 Å². The fourth-order valence-electron chi connectivity index (χ4n) is 0.795. The number of rotatable bonds is 6. The summed E-state index contributed by atoms with van der Waals surface area (Å²) in [5.41, 5.74) is -0.432. The average Bonchev–Trinajstić information content (AvgIpc) is 2.13. The third-order valence-corrected chi connectivity index (χ3v) is 4.64. The van der Waals surface area contributed by atoms with Gasteiger partial charge in [-0.15, -0.1) is 0 Å². The van der Waals surface area contributed by atoms with Crippen LogP contribution in [0.1, 0.15) is 41.5 Å². The summed E-state index contributed by atoms with van der Waals surface area (Å²) < 4.78 is 21.8. The van der Waals surface area contributed by atoms with Crippen LogP contribution in [0.5, 0.6) is 0 Å². The Morgan fingerprint density at radius 2 is 1.61 bits per heavy atom. The fraction of sp³-hybridized carbons (Fsp3) is 0.917. The van der Waals surface area contributed by atoms with Gasteiger partial charge in [0.1, 0.15) is 6.61 Å². The predicted molar refractivity (Wildman–Crippen MR) is 70.8 cm³/mol. The Hall–Kier alpha value is -0.220. The van der Waals surface area contributed by atoms with Gasteiger partial charge in [0.25, 0.3) is 0 Å². The number of ketones is 1. The van der Waals surface area contributed by atoms with Gasteiger partial charge in [-0.05, 0) is 20.8 Å². The smallest absolute Gasteiger partial charge is 0.333 e. The lowest BCUT2D eigenvalue weighted by atomic mass is 9.91. The van der Waals surface area contributed by atoms with E-state index in [0.717, 1.165) is 0 Å². The van der Waals surface area contributed by atoms with Gasteiger partial charge in [-0.3, -0.25) is 9.36 Å². The third-order valence-electron chi connectivity index (χ3n) is 2.41. The Kier molecular flexibility index (Phi) is 6.21. The molecule has 0 fully saturated rings. The highest BCUT2D eigenvalue weighted by Crippen LogP contribution is 2.54. The molecule has 0 radical (unpaired) electrons. The molecular weight excluding hydrogens is 255 g/mol. The summed E-state index contributed by atoms with van der Waals surface area (Å²) in [4.78, 5) is 21.1. The molecule has 0 aliphatic heterocycles. The first-order valence-corrected chi connectivity index (χ1v) is 7.54. The van der Waals surface area contributed by atoms with Crippen molar-refractivity contribution in [2.75, 3.05) is 19.8 Å². The minimum Gasteiger partial charge on any atom is -0.371 e. The first-order chi connectivity index (χ1) is 7.88. The van der Waals surface area contributed by atoms with Crippen molar-refractivity contribution in [3.63, 3.8) is 0 Å². The summed E-state index contributed by atoms with van der Waals surface area (Å²) in [5.74, 6) is -0.00879. The molecule has 0 heterocycles. The normalized spacial score (nSPS) is 16.4. The van der Waals surface area contributed by atoms with E-state index in [1.807, 2.05) is 20.8 Å². The number of ether oxygens (including phenoxy) is 1. The zero-order valence-corrected chi connectivity index (χ0v) is 13.0. The van der Waals surface area contributed by atoms with E-state index in [1.165, 1.54) is 0 Å². The monoisotopic (exact) mass is 280 g/mol. The second-order valence-electron chi connectivity index (χ2n) is 6.25. The van der Waals surface area contributed by atoms with Crippen LogP contribution in [0.15, 0.2) is 0 Å². The van der Waals surface area contributed by atoms with Crippen LogP contribution in [0.2, 0.25) is 0 Å². The lowest BCUT2D eigenvalue weighted by Crippen LogP contribution is -2.25. The van der Waals surface area contributed by atoms with Crippen LogP contribution in [0.25, 0.3) is 0 Å². The van der Waals surface area contributed by atoms with Crippen LogP contribution in [0.3, 0.4) is 0 Å². The molecule has 0 aromatic carbocycles. The van der Waals surface area contributed by atoms with Gasteiger partial charge in [-0.1, -0.05) is 20.8 Å². The molecule has 0 aliphatic rings. The van der Waals surface area contributed by atoms with Crippen LogP contribution in [0.4, 0.5) is 0 Å². The predicted octanol–water partition coefficient (Wildman–Crippen LogP) is 2.62. The summed E-state index contributed by atoms with van der Waals surface area (Å²) in [6.07, 6.45) is 0. The van der Waals surface area contributed by atoms with Gasteiger partial charge in [0, 0.05) is 5.41 Å². The minimum atomic E-state index is -3.64. The van der Waals surface area contributed by atoms with Gasteiger partial charge in [-0.2, -0.15) is 0 Å². The number of carbonyl (C=O) groups is 1. The Labute approximate surface area is 109 Å². The first kappa shape index (κ1) is 17.8. The van der Waals surface area contributed by atoms with Gasteiger partial charge in [0.05, 0.1) is 18.4 Å². The highest BCUT2D eigenvalue weighted by molar-refractivity contribution is 7.54. The first-order valence-electron chi connectivity index (χ1n) is 5.96. The highest BCUT2D eigenvalue weighted by Gasteiger charge is 2.35. The van der Waals surface area contributed by atoms with Gasteiger partial charge < -0.3 is 14.2 Å². The number of Topliss-reactive ketones (excluding diaryl/α,β-unsaturated/α-hetero) is 1. The quantitative estimate of drug-likeness (QED) is 0.598. The zero-order valence-electron chi connectivity index (χ0n) is 12.1. The lowest BCUT2D eigenvalue weighted by Gasteiger charge is -2.25. The maximum atomic E-state index is 11.7. The van der Waals surface area contributed by atoms with Crippen LogP contribution in [-0.2, 0) is 18.6 Å². The molecule has 1 atom stereocenters. The van der Waals surface area contributed by atoms with E-state index < -0.39 is 18.2 Å². The van der Waals surface area contributed by atoms with Gasteiger partial charge in [-0.25, -0.2) is 0 Å². The van der Waals surface area contributed by atoms with Gasteiger partial charge in [0.2, 0.25) is 0 Å². The molecule has 0 aromatic heterocycles. The van der Waals surface area contributed by atoms with E-state index in [2.05, 4.69) is 0 Å². The van der Waals surface area contributed by atoms with E-state index >= 15 is 0 Å². The molecule has 108 valence electrons. The molecule has 5 nitrogen and oxygen atoms in total. The molecule has 18 heavy (non-hydrogen) atoms. The molecule has 0 saturated carbocycles. The Morgan fingerprint density at radius 3 is 2.00 bits per heavy atom. The van der Waals surface area contributed by atoms with Gasteiger partial charge in [0.15, 0.2) is 5.78 Å². The van der Waals surface area contributed by atoms with Crippen LogP contribution in [0, 0.1) is 5.41 Å². The number of hydrogen-bond donors (Lipinski definition) is 1. The topological polar surface area (TPSA) is 72.8 Å². The molecule has 1 N–H and O–H groups in total. The van der Waals surface area contributed by atoms with E-state index in [-0.39, 0.29) is 25.6 Å². The summed E-state index contributed by atoms with van der Waals surface area (Å²) >= 11 is 0. The van der Waals surface area contributed by atoms with Crippen molar-refractivity contribution in [3.05, 3.63) is 0 Å². The van der Waals surface area contributed by atoms with Crippen LogP contribution >= 0.6 is 7.60 Å².